The smallest absolute Gasteiger partial charge is 0.479 e. The van der Waals surface area contributed by atoms with Gasteiger partial charge in [-0.2, -0.15) is 0 Å². The Morgan fingerprint density at radius 3 is 2.54 bits per heavy atom. The molecule has 0 saturated heterocycles. The number of halogens is 5. The van der Waals surface area contributed by atoms with Crippen LogP contribution in [0.3, 0.4) is 0 Å². The van der Waals surface area contributed by atoms with Gasteiger partial charge in [-0.15, -0.1) is 13.2 Å². The van der Waals surface area contributed by atoms with Gasteiger partial charge >= 0.3 is 12.3 Å². The quantitative estimate of drug-likeness (QED) is 0.206. The van der Waals surface area contributed by atoms with Gasteiger partial charge in [0.05, 0.1) is 16.6 Å². The van der Waals surface area contributed by atoms with Gasteiger partial charge in [-0.05, 0) is 56.3 Å². The fraction of sp³-hybridized carbons (Fsp3) is 0.154. The highest BCUT2D eigenvalue weighted by atomic mass is 35.5. The van der Waals surface area contributed by atoms with Crippen LogP contribution in [-0.2, 0) is 4.79 Å². The third-order valence-corrected chi connectivity index (χ3v) is 5.99. The molecule has 1 N–H and O–H groups in total. The number of carboxylic acids is 1. The fourth-order valence-corrected chi connectivity index (χ4v) is 4.19. The average molecular weight is 565 g/mol. The van der Waals surface area contributed by atoms with Gasteiger partial charge in [0, 0.05) is 22.5 Å². The van der Waals surface area contributed by atoms with Crippen LogP contribution >= 0.6 is 11.6 Å². The molecule has 0 radical (unpaired) electrons. The number of benzene rings is 3. The SMILES string of the molecule is Cc1c(Oc2ccc(F)c(O[C@@H](C)C(=O)O)c2)c2cc(OC(F)(F)F)ccc2n1-c1noc2cc(Cl)ccc12. The number of alkyl halides is 3. The summed E-state index contributed by atoms with van der Waals surface area (Å²) in [5.74, 6) is -2.56. The Labute approximate surface area is 221 Å². The maximum Gasteiger partial charge on any atom is 0.573 e. The minimum Gasteiger partial charge on any atom is -0.479 e. The normalized spacial score (nSPS) is 12.6. The highest BCUT2D eigenvalue weighted by Crippen LogP contribution is 2.42. The molecule has 202 valence electrons. The predicted molar refractivity (Wildman–Crippen MR) is 131 cm³/mol. The van der Waals surface area contributed by atoms with Crippen molar-refractivity contribution in [2.45, 2.75) is 26.3 Å². The maximum absolute atomic E-state index is 14.3. The van der Waals surface area contributed by atoms with E-state index in [-0.39, 0.29) is 22.6 Å². The van der Waals surface area contributed by atoms with Crippen LogP contribution in [0.15, 0.2) is 59.1 Å². The van der Waals surface area contributed by atoms with Gasteiger partial charge in [0.25, 0.3) is 0 Å². The van der Waals surface area contributed by atoms with Crippen molar-refractivity contribution in [3.63, 3.8) is 0 Å². The molecule has 8 nitrogen and oxygen atoms in total. The van der Waals surface area contributed by atoms with Crippen LogP contribution in [-0.4, -0.2) is 33.3 Å². The van der Waals surface area contributed by atoms with Crippen molar-refractivity contribution >= 4 is 39.4 Å². The predicted octanol–water partition coefficient (Wildman–Crippen LogP) is 7.42. The summed E-state index contributed by atoms with van der Waals surface area (Å²) in [5.41, 5.74) is 1.19. The summed E-state index contributed by atoms with van der Waals surface area (Å²) in [6, 6.07) is 12.0. The number of carbonyl (C=O) groups is 1. The molecule has 2 heterocycles. The summed E-state index contributed by atoms with van der Waals surface area (Å²) in [6.07, 6.45) is -6.29. The molecule has 5 rings (SSSR count). The Hall–Kier alpha value is -4.45. The molecule has 0 fully saturated rings. The van der Waals surface area contributed by atoms with E-state index >= 15 is 0 Å². The summed E-state index contributed by atoms with van der Waals surface area (Å²) in [5, 5.41) is 14.4. The summed E-state index contributed by atoms with van der Waals surface area (Å²) in [6.45, 7) is 2.87. The van der Waals surface area contributed by atoms with E-state index in [2.05, 4.69) is 9.89 Å². The first-order valence-corrected chi connectivity index (χ1v) is 11.6. The molecule has 0 unspecified atom stereocenters. The second-order valence-corrected chi connectivity index (χ2v) is 8.85. The first-order valence-electron chi connectivity index (χ1n) is 11.2. The standard InChI is InChI=1S/C26H17ClF4N2O6/c1-12-23(37-15-4-7-19(28)22(11-15)36-13(2)25(34)35)18-10-16(38-26(29,30)31)5-8-20(18)33(12)24-17-6-3-14(27)9-21(17)39-32-24/h3-11,13H,1-2H3,(H,34,35)/t13-/m0/s1. The van der Waals surface area contributed by atoms with Crippen LogP contribution in [0.25, 0.3) is 27.7 Å². The van der Waals surface area contributed by atoms with Gasteiger partial charge in [-0.3, -0.25) is 4.57 Å². The lowest BCUT2D eigenvalue weighted by molar-refractivity contribution is -0.274. The van der Waals surface area contributed by atoms with Crippen LogP contribution in [0.1, 0.15) is 12.6 Å². The zero-order valence-corrected chi connectivity index (χ0v) is 20.8. The Balaban J connectivity index is 1.66. The number of hydrogen-bond acceptors (Lipinski definition) is 6. The Kier molecular flexibility index (Phi) is 6.51. The molecule has 39 heavy (non-hydrogen) atoms. The lowest BCUT2D eigenvalue weighted by Gasteiger charge is -2.13. The largest absolute Gasteiger partial charge is 0.573 e. The first kappa shape index (κ1) is 26.2. The van der Waals surface area contributed by atoms with Gasteiger partial charge in [-0.25, -0.2) is 9.18 Å². The molecular formula is C26H17ClF4N2O6. The van der Waals surface area contributed by atoms with E-state index in [0.29, 0.717) is 33.0 Å². The summed E-state index contributed by atoms with van der Waals surface area (Å²) < 4.78 is 75.5. The van der Waals surface area contributed by atoms with Crippen LogP contribution in [0.4, 0.5) is 17.6 Å². The van der Waals surface area contributed by atoms with Crippen molar-refractivity contribution in [1.82, 2.24) is 9.72 Å². The van der Waals surface area contributed by atoms with Crippen molar-refractivity contribution in [3.8, 4) is 28.8 Å². The highest BCUT2D eigenvalue weighted by molar-refractivity contribution is 6.31. The van der Waals surface area contributed by atoms with Crippen molar-refractivity contribution in [3.05, 3.63) is 71.1 Å². The van der Waals surface area contributed by atoms with Gasteiger partial charge in [0.15, 0.2) is 34.8 Å². The minimum atomic E-state index is -4.93. The van der Waals surface area contributed by atoms with Crippen molar-refractivity contribution < 1.29 is 46.2 Å². The summed E-state index contributed by atoms with van der Waals surface area (Å²) >= 11 is 6.05. The maximum atomic E-state index is 14.3. The van der Waals surface area contributed by atoms with Gasteiger partial charge < -0.3 is 23.8 Å². The van der Waals surface area contributed by atoms with Crippen molar-refractivity contribution in [1.29, 1.82) is 0 Å². The molecule has 0 amide bonds. The van der Waals surface area contributed by atoms with E-state index in [1.807, 2.05) is 0 Å². The zero-order chi connectivity index (χ0) is 28.1. The van der Waals surface area contributed by atoms with Gasteiger partial charge in [-0.1, -0.05) is 16.8 Å². The molecule has 3 aromatic carbocycles. The minimum absolute atomic E-state index is 0.0325. The number of aliphatic carboxylic acids is 1. The number of aromatic nitrogens is 2. The Morgan fingerprint density at radius 2 is 1.82 bits per heavy atom. The number of carboxylic acid groups (broad SMARTS) is 1. The molecule has 0 aliphatic rings. The summed E-state index contributed by atoms with van der Waals surface area (Å²) in [7, 11) is 0. The van der Waals surface area contributed by atoms with E-state index < -0.39 is 30.0 Å². The molecule has 0 bridgehead atoms. The molecule has 5 aromatic rings. The van der Waals surface area contributed by atoms with E-state index in [1.54, 1.807) is 29.7 Å². The molecule has 0 saturated carbocycles. The summed E-state index contributed by atoms with van der Waals surface area (Å²) in [4.78, 5) is 11.1. The molecule has 0 aliphatic heterocycles. The third-order valence-electron chi connectivity index (χ3n) is 5.75. The van der Waals surface area contributed by atoms with E-state index in [0.717, 1.165) is 24.3 Å². The number of hydrogen-bond donors (Lipinski definition) is 1. The van der Waals surface area contributed by atoms with Crippen molar-refractivity contribution in [2.24, 2.45) is 0 Å². The van der Waals surface area contributed by atoms with Crippen LogP contribution in [0, 0.1) is 12.7 Å². The van der Waals surface area contributed by atoms with E-state index in [4.69, 9.17) is 30.7 Å². The van der Waals surface area contributed by atoms with Crippen LogP contribution in [0.2, 0.25) is 5.02 Å². The lowest BCUT2D eigenvalue weighted by Crippen LogP contribution is -2.23. The van der Waals surface area contributed by atoms with Gasteiger partial charge in [0.1, 0.15) is 11.5 Å². The fourth-order valence-electron chi connectivity index (χ4n) is 4.02. The monoisotopic (exact) mass is 564 g/mol. The molecule has 0 spiro atoms. The number of fused-ring (bicyclic) bond motifs is 2. The van der Waals surface area contributed by atoms with Crippen LogP contribution < -0.4 is 14.2 Å². The molecule has 0 aliphatic carbocycles. The molecule has 13 heteroatoms. The van der Waals surface area contributed by atoms with E-state index in [9.17, 15) is 22.4 Å². The number of rotatable bonds is 7. The van der Waals surface area contributed by atoms with Crippen molar-refractivity contribution in [2.75, 3.05) is 0 Å². The third kappa shape index (κ3) is 5.15. The van der Waals surface area contributed by atoms with Crippen LogP contribution in [0.5, 0.6) is 23.0 Å². The molecule has 1 atom stereocenters. The zero-order valence-electron chi connectivity index (χ0n) is 20.0. The average Bonchev–Trinajstić information content (AvgIpc) is 3.37. The second kappa shape index (κ2) is 9.70. The first-order chi connectivity index (χ1) is 18.4. The molecule has 2 aromatic heterocycles. The second-order valence-electron chi connectivity index (χ2n) is 8.42. The van der Waals surface area contributed by atoms with Gasteiger partial charge in [0.2, 0.25) is 0 Å². The Morgan fingerprint density at radius 1 is 1.08 bits per heavy atom. The topological polar surface area (TPSA) is 96.0 Å². The molecular weight excluding hydrogens is 548 g/mol. The lowest BCUT2D eigenvalue weighted by atomic mass is 10.2. The highest BCUT2D eigenvalue weighted by Gasteiger charge is 2.32. The Bertz CT molecular complexity index is 1730. The number of ether oxygens (including phenoxy) is 3. The number of nitrogens with zero attached hydrogens (tertiary/aromatic N) is 2. The van der Waals surface area contributed by atoms with E-state index in [1.165, 1.54) is 19.1 Å².